The van der Waals surface area contributed by atoms with E-state index in [-0.39, 0.29) is 24.5 Å². The molecule has 1 rings (SSSR count). The van der Waals surface area contributed by atoms with Crippen LogP contribution in [0.4, 0.5) is 0 Å². The lowest BCUT2D eigenvalue weighted by atomic mass is 9.99. The molecule has 0 aliphatic rings. The van der Waals surface area contributed by atoms with Gasteiger partial charge in [-0.3, -0.25) is 19.2 Å². The topological polar surface area (TPSA) is 234 Å². The second-order valence-corrected chi connectivity index (χ2v) is 9.19. The first kappa shape index (κ1) is 32.3. The highest BCUT2D eigenvalue weighted by molar-refractivity contribution is 5.95. The third-order valence-electron chi connectivity index (χ3n) is 6.14. The number of nitrogens with one attached hydrogen (secondary N) is 3. The van der Waals surface area contributed by atoms with Gasteiger partial charge in [-0.1, -0.05) is 32.4 Å². The fraction of sp³-hybridized carbons (Fsp3) is 0.560. The molecule has 0 fully saturated rings. The van der Waals surface area contributed by atoms with Crippen molar-refractivity contribution in [3.05, 3.63) is 29.8 Å². The highest BCUT2D eigenvalue weighted by atomic mass is 16.4. The monoisotopic (exact) mass is 537 g/mol. The van der Waals surface area contributed by atoms with Gasteiger partial charge >= 0.3 is 11.9 Å². The Hall–Kier alpha value is -3.71. The number of rotatable bonds is 17. The van der Waals surface area contributed by atoms with Crippen molar-refractivity contribution in [2.75, 3.05) is 6.54 Å². The van der Waals surface area contributed by atoms with Crippen LogP contribution in [0.3, 0.4) is 0 Å². The first-order valence-corrected chi connectivity index (χ1v) is 12.5. The minimum Gasteiger partial charge on any atom is -0.508 e. The van der Waals surface area contributed by atoms with Crippen LogP contribution < -0.4 is 27.4 Å². The maximum absolute atomic E-state index is 13.1. The lowest BCUT2D eigenvalue weighted by Crippen LogP contribution is -2.58. The van der Waals surface area contributed by atoms with Gasteiger partial charge in [-0.15, -0.1) is 0 Å². The molecule has 0 spiro atoms. The van der Waals surface area contributed by atoms with Crippen molar-refractivity contribution < 1.29 is 39.3 Å². The zero-order valence-electron chi connectivity index (χ0n) is 21.7. The summed E-state index contributed by atoms with van der Waals surface area (Å²) in [7, 11) is 0. The Morgan fingerprint density at radius 2 is 1.42 bits per heavy atom. The molecule has 212 valence electrons. The van der Waals surface area contributed by atoms with Crippen LogP contribution in [0.2, 0.25) is 0 Å². The number of carbonyl (C=O) groups is 5. The number of hydrogen-bond acceptors (Lipinski definition) is 8. The highest BCUT2D eigenvalue weighted by Gasteiger charge is 2.32. The molecule has 13 heteroatoms. The van der Waals surface area contributed by atoms with E-state index in [1.807, 2.05) is 6.92 Å². The van der Waals surface area contributed by atoms with Gasteiger partial charge < -0.3 is 42.7 Å². The van der Waals surface area contributed by atoms with Gasteiger partial charge in [0.15, 0.2) is 0 Å². The molecule has 0 saturated carbocycles. The Labute approximate surface area is 221 Å². The number of phenols is 1. The van der Waals surface area contributed by atoms with E-state index in [0.29, 0.717) is 31.4 Å². The van der Waals surface area contributed by atoms with Crippen molar-refractivity contribution >= 4 is 29.7 Å². The molecule has 0 saturated heterocycles. The Morgan fingerprint density at radius 3 is 1.95 bits per heavy atom. The van der Waals surface area contributed by atoms with E-state index in [2.05, 4.69) is 16.0 Å². The van der Waals surface area contributed by atoms with Gasteiger partial charge in [0.2, 0.25) is 17.7 Å². The summed E-state index contributed by atoms with van der Waals surface area (Å²) in [6, 6.07) is 0.765. The van der Waals surface area contributed by atoms with Gasteiger partial charge in [0.25, 0.3) is 0 Å². The first-order valence-electron chi connectivity index (χ1n) is 12.5. The number of phenolic OH excluding ortho intramolecular Hbond substituents is 1. The van der Waals surface area contributed by atoms with Crippen LogP contribution in [0.1, 0.15) is 51.5 Å². The Balaban J connectivity index is 3.05. The van der Waals surface area contributed by atoms with Gasteiger partial charge in [0, 0.05) is 6.42 Å². The summed E-state index contributed by atoms with van der Waals surface area (Å²) in [5, 5.41) is 35.5. The Bertz CT molecular complexity index is 956. The van der Waals surface area contributed by atoms with Crippen LogP contribution in [0.5, 0.6) is 5.75 Å². The van der Waals surface area contributed by atoms with Crippen molar-refractivity contribution in [3.8, 4) is 5.75 Å². The van der Waals surface area contributed by atoms with Crippen molar-refractivity contribution in [1.29, 1.82) is 0 Å². The summed E-state index contributed by atoms with van der Waals surface area (Å²) in [4.78, 5) is 61.7. The number of carboxylic acids is 2. The molecule has 0 aliphatic heterocycles. The highest BCUT2D eigenvalue weighted by Crippen LogP contribution is 2.12. The Kier molecular flexibility index (Phi) is 13.8. The minimum absolute atomic E-state index is 0.000421. The summed E-state index contributed by atoms with van der Waals surface area (Å²) in [5.74, 6) is -5.31. The summed E-state index contributed by atoms with van der Waals surface area (Å²) in [6.07, 6.45) is 0.785. The van der Waals surface area contributed by atoms with E-state index in [1.165, 1.54) is 24.3 Å². The van der Waals surface area contributed by atoms with Gasteiger partial charge in [0.05, 0.1) is 12.5 Å². The molecular weight excluding hydrogens is 498 g/mol. The van der Waals surface area contributed by atoms with Crippen LogP contribution >= 0.6 is 0 Å². The lowest BCUT2D eigenvalue weighted by Gasteiger charge is -2.25. The molecule has 0 aromatic heterocycles. The predicted molar refractivity (Wildman–Crippen MR) is 138 cm³/mol. The van der Waals surface area contributed by atoms with Crippen molar-refractivity contribution in [1.82, 2.24) is 16.0 Å². The van der Waals surface area contributed by atoms with E-state index in [4.69, 9.17) is 11.5 Å². The van der Waals surface area contributed by atoms with Crippen LogP contribution in [0, 0.1) is 5.92 Å². The largest absolute Gasteiger partial charge is 0.508 e. The second-order valence-electron chi connectivity index (χ2n) is 9.19. The number of unbranched alkanes of at least 4 members (excludes halogenated alkanes) is 1. The van der Waals surface area contributed by atoms with E-state index in [1.54, 1.807) is 6.92 Å². The summed E-state index contributed by atoms with van der Waals surface area (Å²) in [6.45, 7) is 3.90. The average Bonchev–Trinajstić information content (AvgIpc) is 2.87. The number of nitrogens with two attached hydrogens (primary N) is 2. The van der Waals surface area contributed by atoms with Crippen molar-refractivity contribution in [2.45, 2.75) is 76.5 Å². The van der Waals surface area contributed by atoms with Crippen molar-refractivity contribution in [2.24, 2.45) is 17.4 Å². The standard InChI is InChI=1S/C25H39N5O8/c1-3-14(2)21(27)24(36)29-18(13-20(32)33)23(35)28-17(6-4-5-11-26)22(34)30-19(25(37)38)12-15-7-9-16(31)10-8-15/h7-10,14,17-19,21,31H,3-6,11-13,26-27H2,1-2H3,(H,28,35)(H,29,36)(H,30,34)(H,32,33)(H,37,38). The molecule has 10 N–H and O–H groups in total. The zero-order valence-corrected chi connectivity index (χ0v) is 21.7. The number of carbonyl (C=O) groups excluding carboxylic acids is 3. The summed E-state index contributed by atoms with van der Waals surface area (Å²) >= 11 is 0. The van der Waals surface area contributed by atoms with Gasteiger partial charge in [-0.05, 0) is 49.4 Å². The average molecular weight is 538 g/mol. The van der Waals surface area contributed by atoms with Crippen molar-refractivity contribution in [3.63, 3.8) is 0 Å². The molecule has 0 radical (unpaired) electrons. The number of benzene rings is 1. The van der Waals surface area contributed by atoms with E-state index in [0.717, 1.165) is 0 Å². The summed E-state index contributed by atoms with van der Waals surface area (Å²) < 4.78 is 0. The molecule has 1 aromatic rings. The third kappa shape index (κ3) is 11.1. The van der Waals surface area contributed by atoms with Gasteiger partial charge in [-0.2, -0.15) is 0 Å². The molecule has 5 unspecified atom stereocenters. The van der Waals surface area contributed by atoms with Crippen LogP contribution in [0.25, 0.3) is 0 Å². The summed E-state index contributed by atoms with van der Waals surface area (Å²) in [5.41, 5.74) is 12.0. The third-order valence-corrected chi connectivity index (χ3v) is 6.14. The number of aromatic hydroxyl groups is 1. The SMILES string of the molecule is CCC(C)C(N)C(=O)NC(CC(=O)O)C(=O)NC(CCCCN)C(=O)NC(Cc1ccc(O)cc1)C(=O)O. The van der Waals surface area contributed by atoms with Crippen LogP contribution in [0.15, 0.2) is 24.3 Å². The maximum Gasteiger partial charge on any atom is 0.326 e. The fourth-order valence-electron chi connectivity index (χ4n) is 3.54. The minimum atomic E-state index is -1.51. The second kappa shape index (κ2) is 16.2. The lowest BCUT2D eigenvalue weighted by molar-refractivity contribution is -0.143. The molecular formula is C25H39N5O8. The number of hydrogen-bond donors (Lipinski definition) is 8. The fourth-order valence-corrected chi connectivity index (χ4v) is 3.54. The molecule has 13 nitrogen and oxygen atoms in total. The number of aliphatic carboxylic acids is 2. The first-order chi connectivity index (χ1) is 17.9. The molecule has 0 bridgehead atoms. The molecule has 1 aromatic carbocycles. The molecule has 3 amide bonds. The van der Waals surface area contributed by atoms with Gasteiger partial charge in [0.1, 0.15) is 23.9 Å². The zero-order chi connectivity index (χ0) is 28.8. The molecule has 0 heterocycles. The number of carboxylic acid groups (broad SMARTS) is 2. The quantitative estimate of drug-likeness (QED) is 0.118. The van der Waals surface area contributed by atoms with Crippen LogP contribution in [-0.4, -0.2) is 75.7 Å². The van der Waals surface area contributed by atoms with Gasteiger partial charge in [-0.25, -0.2) is 4.79 Å². The Morgan fingerprint density at radius 1 is 0.868 bits per heavy atom. The molecule has 38 heavy (non-hydrogen) atoms. The molecule has 0 aliphatic carbocycles. The predicted octanol–water partition coefficient (Wildman–Crippen LogP) is -0.549. The molecule has 5 atom stereocenters. The van der Waals surface area contributed by atoms with E-state index in [9.17, 15) is 39.3 Å². The number of amides is 3. The maximum atomic E-state index is 13.1. The van der Waals surface area contributed by atoms with E-state index >= 15 is 0 Å². The normalized spacial score (nSPS) is 14.8. The van der Waals surface area contributed by atoms with E-state index < -0.39 is 60.2 Å². The smallest absolute Gasteiger partial charge is 0.326 e. The van der Waals surface area contributed by atoms with Crippen LogP contribution in [-0.2, 0) is 30.4 Å².